The standard InChI is InChI=1S/C4H10N.H3Si.Ti/c1-4(2,3)5;;/h5H,1-3H3;1H3;/q-1;;. The molecule has 0 aliphatic carbocycles. The molecule has 0 rings (SSSR count). The van der Waals surface area contributed by atoms with Crippen LogP contribution in [0.25, 0.3) is 5.73 Å². The smallest absolute Gasteiger partial charge is 0 e. The molecule has 0 heterocycles. The van der Waals surface area contributed by atoms with Crippen molar-refractivity contribution in [2.45, 2.75) is 26.3 Å². The van der Waals surface area contributed by atoms with Crippen LogP contribution in [0.4, 0.5) is 0 Å². The van der Waals surface area contributed by atoms with E-state index in [1.54, 1.807) is 0 Å². The van der Waals surface area contributed by atoms with Crippen molar-refractivity contribution in [1.82, 2.24) is 0 Å². The van der Waals surface area contributed by atoms with Gasteiger partial charge in [-0.3, -0.25) is 0 Å². The van der Waals surface area contributed by atoms with E-state index in [0.717, 1.165) is 0 Å². The van der Waals surface area contributed by atoms with Crippen LogP contribution in [0.2, 0.25) is 0 Å². The second-order valence-corrected chi connectivity index (χ2v) is 2.25. The largest absolute Gasteiger partial charge is 0.673 e. The van der Waals surface area contributed by atoms with Crippen molar-refractivity contribution in [2.24, 2.45) is 0 Å². The van der Waals surface area contributed by atoms with Gasteiger partial charge in [0.05, 0.1) is 0 Å². The van der Waals surface area contributed by atoms with Gasteiger partial charge < -0.3 is 5.73 Å². The van der Waals surface area contributed by atoms with Gasteiger partial charge in [-0.2, -0.15) is 0 Å². The maximum Gasteiger partial charge on any atom is 0 e. The third kappa shape index (κ3) is 208. The van der Waals surface area contributed by atoms with Crippen LogP contribution < -0.4 is 0 Å². The second-order valence-electron chi connectivity index (χ2n) is 2.25. The molecule has 0 aromatic heterocycles. The predicted octanol–water partition coefficient (Wildman–Crippen LogP) is 0.651. The van der Waals surface area contributed by atoms with Crippen LogP contribution in [0, 0.1) is 0 Å². The summed E-state index contributed by atoms with van der Waals surface area (Å²) in [4.78, 5) is 0. The van der Waals surface area contributed by atoms with Crippen LogP contribution in [0.3, 0.4) is 0 Å². The molecule has 3 heteroatoms. The number of nitrogens with one attached hydrogen (secondary N) is 1. The molecule has 1 N–H and O–H groups in total. The molecule has 0 aromatic carbocycles. The number of hydrogen-bond donors (Lipinski definition) is 0. The normalized spacial score (nSPS) is 8.57. The molecule has 0 saturated heterocycles. The number of hydrogen-bond acceptors (Lipinski definition) is 0. The molecule has 1 nitrogen and oxygen atoms in total. The van der Waals surface area contributed by atoms with Gasteiger partial charge in [0.1, 0.15) is 0 Å². The van der Waals surface area contributed by atoms with Gasteiger partial charge >= 0.3 is 0 Å². The topological polar surface area (TPSA) is 23.8 Å². The van der Waals surface area contributed by atoms with Gasteiger partial charge in [0.25, 0.3) is 0 Å². The molecule has 0 atom stereocenters. The minimum Gasteiger partial charge on any atom is -0.673 e. The molecule has 0 bridgehead atoms. The van der Waals surface area contributed by atoms with E-state index in [4.69, 9.17) is 5.73 Å². The molecule has 0 spiro atoms. The summed E-state index contributed by atoms with van der Waals surface area (Å²) in [6.45, 7) is 5.56. The first-order valence-electron chi connectivity index (χ1n) is 1.75. The Bertz CT molecular complexity index is 27.2. The Kier molecular flexibility index (Phi) is 11.3. The molecule has 0 amide bonds. The molecule has 0 fully saturated rings. The van der Waals surface area contributed by atoms with E-state index in [1.165, 1.54) is 0 Å². The van der Waals surface area contributed by atoms with E-state index >= 15 is 0 Å². The van der Waals surface area contributed by atoms with Gasteiger partial charge in [-0.05, 0) is 11.0 Å². The maximum atomic E-state index is 6.94. The van der Waals surface area contributed by atoms with Crippen LogP contribution in [0.1, 0.15) is 20.8 Å². The van der Waals surface area contributed by atoms with Crippen LogP contribution in [0.15, 0.2) is 0 Å². The fourth-order valence-electron chi connectivity index (χ4n) is 0. The third-order valence-electron chi connectivity index (χ3n) is 0. The average Bonchev–Trinajstić information content (AvgIpc) is 0.722. The first-order valence-corrected chi connectivity index (χ1v) is 1.75. The van der Waals surface area contributed by atoms with Crippen molar-refractivity contribution in [3.8, 4) is 0 Å². The van der Waals surface area contributed by atoms with Crippen molar-refractivity contribution < 1.29 is 21.7 Å². The Hall–Kier alpha value is 0.891. The minimum atomic E-state index is -0.250. The fraction of sp³-hybridized carbons (Fsp3) is 1.00. The SMILES string of the molecule is CC(C)(C)[NH-].[SiH3].[Ti]. The summed E-state index contributed by atoms with van der Waals surface area (Å²) < 4.78 is 0. The molecule has 0 aromatic rings. The summed E-state index contributed by atoms with van der Waals surface area (Å²) in [5.74, 6) is 0. The van der Waals surface area contributed by atoms with Gasteiger partial charge in [-0.1, -0.05) is 20.8 Å². The minimum absolute atomic E-state index is 0. The Balaban J connectivity index is -0.0000000800. The molecular formula is C4H13NSiTi-. The van der Waals surface area contributed by atoms with Crippen LogP contribution in [-0.2, 0) is 21.7 Å². The first kappa shape index (κ1) is 15.7. The summed E-state index contributed by atoms with van der Waals surface area (Å²) in [6.07, 6.45) is 0. The molecule has 0 aliphatic heterocycles. The van der Waals surface area contributed by atoms with E-state index in [0.29, 0.717) is 0 Å². The van der Waals surface area contributed by atoms with Gasteiger partial charge in [-0.15, -0.1) is 5.54 Å². The summed E-state index contributed by atoms with van der Waals surface area (Å²) in [5, 5.41) is 0. The zero-order chi connectivity index (χ0) is 4.50. The van der Waals surface area contributed by atoms with Gasteiger partial charge in [0.2, 0.25) is 0 Å². The number of rotatable bonds is 0. The third-order valence-corrected chi connectivity index (χ3v) is 0. The second kappa shape index (κ2) is 5.04. The first-order chi connectivity index (χ1) is 2.00. The Labute approximate surface area is 65.0 Å². The van der Waals surface area contributed by atoms with Crippen molar-refractivity contribution in [2.75, 3.05) is 0 Å². The van der Waals surface area contributed by atoms with E-state index in [9.17, 15) is 0 Å². The van der Waals surface area contributed by atoms with Gasteiger partial charge in [-0.25, -0.2) is 0 Å². The van der Waals surface area contributed by atoms with Crippen molar-refractivity contribution >= 4 is 11.0 Å². The summed E-state index contributed by atoms with van der Waals surface area (Å²) in [5.41, 5.74) is 6.69. The average molecular weight is 151 g/mol. The van der Waals surface area contributed by atoms with Crippen molar-refractivity contribution in [1.29, 1.82) is 0 Å². The Morgan fingerprint density at radius 3 is 1.14 bits per heavy atom. The molecule has 43 valence electrons. The van der Waals surface area contributed by atoms with Gasteiger partial charge in [0.15, 0.2) is 0 Å². The van der Waals surface area contributed by atoms with Gasteiger partial charge in [0, 0.05) is 21.7 Å². The summed E-state index contributed by atoms with van der Waals surface area (Å²) >= 11 is 0. The monoisotopic (exact) mass is 151 g/mol. The fourth-order valence-corrected chi connectivity index (χ4v) is 0. The van der Waals surface area contributed by atoms with E-state index in [2.05, 4.69) is 0 Å². The van der Waals surface area contributed by atoms with Crippen LogP contribution >= 0.6 is 0 Å². The quantitative estimate of drug-likeness (QED) is 0.454. The molecule has 0 saturated carbocycles. The van der Waals surface area contributed by atoms with Crippen LogP contribution in [0.5, 0.6) is 0 Å². The summed E-state index contributed by atoms with van der Waals surface area (Å²) in [6, 6.07) is 0. The molecule has 0 unspecified atom stereocenters. The Morgan fingerprint density at radius 2 is 1.14 bits per heavy atom. The molecule has 1 radical (unpaired) electrons. The zero-order valence-corrected chi connectivity index (χ0v) is 9.06. The predicted molar refractivity (Wildman–Crippen MR) is 34.0 cm³/mol. The maximum absolute atomic E-state index is 6.94. The van der Waals surface area contributed by atoms with E-state index in [1.807, 2.05) is 20.8 Å². The zero-order valence-electron chi connectivity index (χ0n) is 5.50. The Morgan fingerprint density at radius 1 is 1.14 bits per heavy atom. The van der Waals surface area contributed by atoms with Crippen LogP contribution in [-0.4, -0.2) is 16.5 Å². The molecule has 7 heavy (non-hydrogen) atoms. The molecule has 0 aliphatic rings. The summed E-state index contributed by atoms with van der Waals surface area (Å²) in [7, 11) is 0. The van der Waals surface area contributed by atoms with Crippen molar-refractivity contribution in [3.05, 3.63) is 5.73 Å². The van der Waals surface area contributed by atoms with E-state index < -0.39 is 0 Å². The molecular weight excluding hydrogens is 138 g/mol. The van der Waals surface area contributed by atoms with Crippen molar-refractivity contribution in [3.63, 3.8) is 0 Å². The van der Waals surface area contributed by atoms with E-state index in [-0.39, 0.29) is 38.2 Å².